The summed E-state index contributed by atoms with van der Waals surface area (Å²) in [6.07, 6.45) is -5.15. The molecule has 0 radical (unpaired) electrons. The van der Waals surface area contributed by atoms with Gasteiger partial charge in [0.15, 0.2) is 0 Å². The Balaban J connectivity index is 2.19. The van der Waals surface area contributed by atoms with Crippen molar-refractivity contribution in [3.05, 3.63) is 34.4 Å². The molecule has 1 aromatic rings. The van der Waals surface area contributed by atoms with Gasteiger partial charge in [0.1, 0.15) is 30.1 Å². The fourth-order valence-electron chi connectivity index (χ4n) is 2.35. The molecule has 0 aliphatic carbocycles. The van der Waals surface area contributed by atoms with Crippen molar-refractivity contribution in [1.82, 2.24) is 5.32 Å². The van der Waals surface area contributed by atoms with E-state index >= 15 is 0 Å². The molecule has 0 spiro atoms. The molecule has 1 heterocycles. The van der Waals surface area contributed by atoms with Crippen molar-refractivity contribution in [2.24, 2.45) is 0 Å². The van der Waals surface area contributed by atoms with Crippen molar-refractivity contribution in [2.75, 3.05) is 6.61 Å². The van der Waals surface area contributed by atoms with Crippen LogP contribution in [0.25, 0.3) is 0 Å². The van der Waals surface area contributed by atoms with Crippen molar-refractivity contribution in [3.8, 4) is 5.75 Å². The predicted octanol–water partition coefficient (Wildman–Crippen LogP) is -1.08. The summed E-state index contributed by atoms with van der Waals surface area (Å²) in [5.74, 6) is -0.282. The molecule has 1 fully saturated rings. The van der Waals surface area contributed by atoms with Crippen LogP contribution in [0.15, 0.2) is 24.3 Å². The number of benzene rings is 1. The van der Waals surface area contributed by atoms with Gasteiger partial charge in [-0.25, -0.2) is 0 Å². The summed E-state index contributed by atoms with van der Waals surface area (Å²) in [5, 5.41) is 42.3. The second kappa shape index (κ2) is 7.53. The molecule has 1 aromatic carbocycles. The highest BCUT2D eigenvalue weighted by atomic mass is 16.7. The molecule has 10 heteroatoms. The lowest BCUT2D eigenvalue weighted by Crippen LogP contribution is -2.65. The molecule has 2 rings (SSSR count). The second-order valence-corrected chi connectivity index (χ2v) is 5.30. The van der Waals surface area contributed by atoms with Gasteiger partial charge in [0.05, 0.1) is 11.5 Å². The van der Waals surface area contributed by atoms with Crippen LogP contribution in [0, 0.1) is 10.1 Å². The molecule has 1 saturated heterocycles. The first-order valence-electron chi connectivity index (χ1n) is 7.14. The van der Waals surface area contributed by atoms with Crippen LogP contribution in [-0.4, -0.2) is 63.4 Å². The first-order chi connectivity index (χ1) is 11.3. The molecule has 1 amide bonds. The molecular weight excluding hydrogens is 324 g/mol. The molecule has 4 N–H and O–H groups in total. The fraction of sp³-hybridized carbons (Fsp3) is 0.500. The Labute approximate surface area is 136 Å². The summed E-state index contributed by atoms with van der Waals surface area (Å²) in [7, 11) is 0. The molecule has 10 nitrogen and oxygen atoms in total. The van der Waals surface area contributed by atoms with E-state index in [0.717, 1.165) is 0 Å². The van der Waals surface area contributed by atoms with Crippen LogP contribution in [0.3, 0.4) is 0 Å². The number of nitrogens with zero attached hydrogens (tertiary/aromatic N) is 1. The van der Waals surface area contributed by atoms with Gasteiger partial charge in [-0.3, -0.25) is 14.9 Å². The molecule has 0 bridgehead atoms. The van der Waals surface area contributed by atoms with Gasteiger partial charge in [-0.05, 0) is 12.1 Å². The van der Waals surface area contributed by atoms with Gasteiger partial charge >= 0.3 is 0 Å². The van der Waals surface area contributed by atoms with Crippen molar-refractivity contribution in [2.45, 2.75) is 37.6 Å². The van der Waals surface area contributed by atoms with Crippen LogP contribution < -0.4 is 10.1 Å². The standard InChI is InChI=1S/C14H18N2O8/c1-7(18)15-11-13(20)12(19)10(6-17)24-14(11)23-9-4-2-8(3-5-9)16(21)22/h2-5,10-14,17,19-20H,6H2,1H3,(H,15,18)/t10-,11+,12+,13-,14+/m1/s1. The molecule has 0 aromatic heterocycles. The van der Waals surface area contributed by atoms with Crippen LogP contribution in [0.2, 0.25) is 0 Å². The van der Waals surface area contributed by atoms with Gasteiger partial charge in [0.2, 0.25) is 12.2 Å². The maximum absolute atomic E-state index is 11.3. The minimum absolute atomic E-state index is 0.131. The Hall–Kier alpha value is -2.27. The number of hydrogen-bond donors (Lipinski definition) is 4. The number of rotatable bonds is 5. The van der Waals surface area contributed by atoms with Crippen LogP contribution in [0.5, 0.6) is 5.75 Å². The highest BCUT2D eigenvalue weighted by Gasteiger charge is 2.46. The number of ether oxygens (including phenoxy) is 2. The number of nitro groups is 1. The van der Waals surface area contributed by atoms with E-state index in [4.69, 9.17) is 9.47 Å². The first kappa shape index (κ1) is 18.1. The van der Waals surface area contributed by atoms with Gasteiger partial charge in [0, 0.05) is 19.1 Å². The number of aliphatic hydroxyl groups excluding tert-OH is 3. The van der Waals surface area contributed by atoms with Gasteiger partial charge in [0.25, 0.3) is 5.69 Å². The van der Waals surface area contributed by atoms with E-state index in [2.05, 4.69) is 5.32 Å². The lowest BCUT2D eigenvalue weighted by atomic mass is 9.97. The number of nitro benzene ring substituents is 1. The lowest BCUT2D eigenvalue weighted by Gasteiger charge is -2.42. The number of carbonyl (C=O) groups is 1. The Kier molecular flexibility index (Phi) is 5.67. The van der Waals surface area contributed by atoms with Crippen molar-refractivity contribution >= 4 is 11.6 Å². The SMILES string of the molecule is CC(=O)N[C@@H]1[C@@H](Oc2ccc([N+](=O)[O-])cc2)O[C@H](CO)[C@H](O)[C@@H]1O. The summed E-state index contributed by atoms with van der Waals surface area (Å²) < 4.78 is 10.9. The van der Waals surface area contributed by atoms with Crippen LogP contribution in [-0.2, 0) is 9.53 Å². The highest BCUT2D eigenvalue weighted by molar-refractivity contribution is 5.73. The van der Waals surface area contributed by atoms with Crippen LogP contribution in [0.4, 0.5) is 5.69 Å². The van der Waals surface area contributed by atoms with Gasteiger partial charge in [-0.2, -0.15) is 0 Å². The number of hydrogen-bond acceptors (Lipinski definition) is 8. The molecule has 24 heavy (non-hydrogen) atoms. The average Bonchev–Trinajstić information content (AvgIpc) is 2.54. The zero-order valence-electron chi connectivity index (χ0n) is 12.7. The third-order valence-electron chi connectivity index (χ3n) is 3.55. The zero-order chi connectivity index (χ0) is 17.9. The normalized spacial score (nSPS) is 29.8. The Bertz CT molecular complexity index is 593. The smallest absolute Gasteiger partial charge is 0.269 e. The van der Waals surface area contributed by atoms with Crippen molar-refractivity contribution < 1.29 is 34.5 Å². The summed E-state index contributed by atoms with van der Waals surface area (Å²) in [6.45, 7) is 0.658. The Morgan fingerprint density at radius 3 is 2.46 bits per heavy atom. The molecular formula is C14H18N2O8. The van der Waals surface area contributed by atoms with Gasteiger partial charge in [-0.1, -0.05) is 0 Å². The number of aliphatic hydroxyl groups is 3. The monoisotopic (exact) mass is 342 g/mol. The first-order valence-corrected chi connectivity index (χ1v) is 7.14. The Morgan fingerprint density at radius 2 is 1.96 bits per heavy atom. The molecule has 0 saturated carbocycles. The third kappa shape index (κ3) is 3.97. The summed E-state index contributed by atoms with van der Waals surface area (Å²) in [5.41, 5.74) is -0.131. The zero-order valence-corrected chi connectivity index (χ0v) is 12.7. The van der Waals surface area contributed by atoms with E-state index in [1.165, 1.54) is 31.2 Å². The molecule has 1 aliphatic rings. The minimum atomic E-state index is -1.43. The average molecular weight is 342 g/mol. The quantitative estimate of drug-likeness (QED) is 0.389. The van der Waals surface area contributed by atoms with E-state index in [0.29, 0.717) is 0 Å². The number of non-ortho nitro benzene ring substituents is 1. The van der Waals surface area contributed by atoms with E-state index in [1.54, 1.807) is 0 Å². The number of amides is 1. The van der Waals surface area contributed by atoms with Crippen molar-refractivity contribution in [1.29, 1.82) is 0 Å². The van der Waals surface area contributed by atoms with Crippen LogP contribution in [0.1, 0.15) is 6.92 Å². The van der Waals surface area contributed by atoms with Gasteiger partial charge < -0.3 is 30.1 Å². The van der Waals surface area contributed by atoms with Crippen LogP contribution >= 0.6 is 0 Å². The van der Waals surface area contributed by atoms with E-state index in [-0.39, 0.29) is 11.4 Å². The fourth-order valence-corrected chi connectivity index (χ4v) is 2.35. The molecule has 5 atom stereocenters. The van der Waals surface area contributed by atoms with Gasteiger partial charge in [-0.15, -0.1) is 0 Å². The van der Waals surface area contributed by atoms with Crippen molar-refractivity contribution in [3.63, 3.8) is 0 Å². The topological polar surface area (TPSA) is 151 Å². The molecule has 0 unspecified atom stereocenters. The van der Waals surface area contributed by atoms with E-state index in [9.17, 15) is 30.2 Å². The summed E-state index contributed by atoms with van der Waals surface area (Å²) >= 11 is 0. The maximum Gasteiger partial charge on any atom is 0.269 e. The predicted molar refractivity (Wildman–Crippen MR) is 79.1 cm³/mol. The maximum atomic E-state index is 11.3. The lowest BCUT2D eigenvalue weighted by molar-refractivity contribution is -0.384. The highest BCUT2D eigenvalue weighted by Crippen LogP contribution is 2.25. The molecule has 1 aliphatic heterocycles. The largest absolute Gasteiger partial charge is 0.463 e. The second-order valence-electron chi connectivity index (χ2n) is 5.30. The third-order valence-corrected chi connectivity index (χ3v) is 3.55. The summed E-state index contributed by atoms with van der Waals surface area (Å²) in [4.78, 5) is 21.4. The minimum Gasteiger partial charge on any atom is -0.463 e. The van der Waals surface area contributed by atoms with E-state index in [1.807, 2.05) is 0 Å². The summed E-state index contributed by atoms with van der Waals surface area (Å²) in [6, 6.07) is 4.02. The number of carbonyl (C=O) groups excluding carboxylic acids is 1. The Morgan fingerprint density at radius 1 is 1.33 bits per heavy atom. The number of nitrogens with one attached hydrogen (secondary N) is 1. The molecule has 132 valence electrons. The van der Waals surface area contributed by atoms with E-state index < -0.39 is 48.1 Å².